The zero-order chi connectivity index (χ0) is 23.0. The van der Waals surface area contributed by atoms with E-state index < -0.39 is 9.84 Å². The van der Waals surface area contributed by atoms with Crippen LogP contribution in [0, 0.1) is 6.92 Å². The summed E-state index contributed by atoms with van der Waals surface area (Å²) in [6.07, 6.45) is 0. The summed E-state index contributed by atoms with van der Waals surface area (Å²) >= 11 is 0. The molecule has 0 aliphatic heterocycles. The number of aryl methyl sites for hydroxylation is 1. The van der Waals surface area contributed by atoms with Gasteiger partial charge in [-0.2, -0.15) is 4.52 Å². The summed E-state index contributed by atoms with van der Waals surface area (Å²) in [6, 6.07) is 24.6. The van der Waals surface area contributed by atoms with Crippen molar-refractivity contribution in [2.75, 3.05) is 11.4 Å². The lowest BCUT2D eigenvalue weighted by Gasteiger charge is -2.24. The highest BCUT2D eigenvalue weighted by Crippen LogP contribution is 2.30. The van der Waals surface area contributed by atoms with E-state index in [2.05, 4.69) is 34.3 Å². The Morgan fingerprint density at radius 1 is 0.909 bits per heavy atom. The Balaban J connectivity index is 1.72. The molecule has 7 nitrogen and oxygen atoms in total. The van der Waals surface area contributed by atoms with E-state index in [0.29, 0.717) is 18.9 Å². The van der Waals surface area contributed by atoms with Crippen molar-refractivity contribution in [2.24, 2.45) is 0 Å². The first-order valence-electron chi connectivity index (χ1n) is 10.7. The molecule has 166 valence electrons. The third-order valence-corrected chi connectivity index (χ3v) is 7.35. The smallest absolute Gasteiger partial charge is 0.229 e. The molecule has 8 heteroatoms. The molecule has 0 aliphatic carbocycles. The van der Waals surface area contributed by atoms with E-state index in [1.165, 1.54) is 4.52 Å². The third kappa shape index (κ3) is 3.72. The van der Waals surface area contributed by atoms with Crippen molar-refractivity contribution in [3.05, 3.63) is 90.0 Å². The lowest BCUT2D eigenvalue weighted by atomic mass is 10.2. The summed E-state index contributed by atoms with van der Waals surface area (Å²) in [4.78, 5) is 7.13. The topological polar surface area (TPSA) is 80.5 Å². The van der Waals surface area contributed by atoms with Crippen LogP contribution in [0.25, 0.3) is 16.6 Å². The fourth-order valence-electron chi connectivity index (χ4n) is 3.91. The van der Waals surface area contributed by atoms with Crippen LogP contribution in [0.2, 0.25) is 0 Å². The first kappa shape index (κ1) is 21.1. The highest BCUT2D eigenvalue weighted by Gasteiger charge is 2.27. The second-order valence-corrected chi connectivity index (χ2v) is 9.76. The van der Waals surface area contributed by atoms with Gasteiger partial charge in [-0.25, -0.2) is 13.4 Å². The van der Waals surface area contributed by atoms with Gasteiger partial charge in [0.2, 0.25) is 14.9 Å². The van der Waals surface area contributed by atoms with Crippen LogP contribution in [-0.4, -0.2) is 34.8 Å². The van der Waals surface area contributed by atoms with Crippen LogP contribution < -0.4 is 4.90 Å². The van der Waals surface area contributed by atoms with Gasteiger partial charge in [-0.1, -0.05) is 65.4 Å². The second kappa shape index (κ2) is 8.29. The fourth-order valence-corrected chi connectivity index (χ4v) is 5.15. The molecule has 0 N–H and O–H groups in total. The van der Waals surface area contributed by atoms with Crippen LogP contribution in [-0.2, 0) is 16.4 Å². The summed E-state index contributed by atoms with van der Waals surface area (Å²) in [5, 5.41) is 8.98. The molecule has 0 radical (unpaired) electrons. The number of anilines is 1. The number of nitrogens with zero attached hydrogens (tertiary/aromatic N) is 5. The summed E-state index contributed by atoms with van der Waals surface area (Å²) in [5.41, 5.74) is 3.09. The van der Waals surface area contributed by atoms with E-state index >= 15 is 0 Å². The molecule has 0 spiro atoms. The highest BCUT2D eigenvalue weighted by molar-refractivity contribution is 7.91. The van der Waals surface area contributed by atoms with Gasteiger partial charge in [0.05, 0.1) is 10.4 Å². The van der Waals surface area contributed by atoms with Gasteiger partial charge in [0, 0.05) is 18.5 Å². The molecule has 0 saturated carbocycles. The Hall–Kier alpha value is -3.78. The monoisotopic (exact) mass is 457 g/mol. The number of rotatable bonds is 6. The minimum Gasteiger partial charge on any atom is -0.352 e. The molecular weight excluding hydrogens is 434 g/mol. The van der Waals surface area contributed by atoms with Gasteiger partial charge in [0.15, 0.2) is 5.65 Å². The quantitative estimate of drug-likeness (QED) is 0.375. The molecule has 0 aliphatic rings. The summed E-state index contributed by atoms with van der Waals surface area (Å²) in [5.74, 6) is 0.701. The lowest BCUT2D eigenvalue weighted by Crippen LogP contribution is -2.24. The van der Waals surface area contributed by atoms with Crippen LogP contribution in [0.5, 0.6) is 0 Å². The molecular formula is C25H23N5O2S. The van der Waals surface area contributed by atoms with E-state index in [1.807, 2.05) is 49.4 Å². The zero-order valence-corrected chi connectivity index (χ0v) is 19.2. The standard InChI is InChI=1S/C25H23N5O2S/c1-3-29(17-19-9-5-4-6-10-19)23-21-11-7-8-12-22(21)30-24(26-23)25(27-28-30)33(31,32)20-15-13-18(2)14-16-20/h4-16H,3,17H2,1-2H3. The normalized spacial score (nSPS) is 11.8. The van der Waals surface area contributed by atoms with Gasteiger partial charge in [-0.05, 0) is 43.7 Å². The van der Waals surface area contributed by atoms with E-state index in [-0.39, 0.29) is 15.6 Å². The molecule has 0 saturated heterocycles. The molecule has 0 atom stereocenters. The SMILES string of the molecule is CCN(Cc1ccccc1)c1nc2c(S(=O)(=O)c3ccc(C)cc3)nnn2c2ccccc12. The van der Waals surface area contributed by atoms with Crippen molar-refractivity contribution < 1.29 is 8.42 Å². The number of fused-ring (bicyclic) bond motifs is 3. The number of benzene rings is 3. The van der Waals surface area contributed by atoms with E-state index in [9.17, 15) is 8.42 Å². The molecule has 0 amide bonds. The Bertz CT molecular complexity index is 1550. The van der Waals surface area contributed by atoms with Crippen LogP contribution >= 0.6 is 0 Å². The van der Waals surface area contributed by atoms with E-state index in [0.717, 1.165) is 22.0 Å². The third-order valence-electron chi connectivity index (χ3n) is 5.69. The van der Waals surface area contributed by atoms with Crippen LogP contribution in [0.3, 0.4) is 0 Å². The summed E-state index contributed by atoms with van der Waals surface area (Å²) in [7, 11) is -3.89. The largest absolute Gasteiger partial charge is 0.352 e. The van der Waals surface area contributed by atoms with Gasteiger partial charge >= 0.3 is 0 Å². The van der Waals surface area contributed by atoms with Crippen molar-refractivity contribution in [2.45, 2.75) is 30.3 Å². The van der Waals surface area contributed by atoms with Crippen molar-refractivity contribution in [1.29, 1.82) is 0 Å². The molecule has 0 unspecified atom stereocenters. The van der Waals surface area contributed by atoms with Crippen molar-refractivity contribution in [1.82, 2.24) is 19.8 Å². The predicted molar refractivity (Wildman–Crippen MR) is 128 cm³/mol. The number of para-hydroxylation sites is 1. The van der Waals surface area contributed by atoms with Gasteiger partial charge in [-0.15, -0.1) is 5.10 Å². The molecule has 2 aromatic heterocycles. The lowest BCUT2D eigenvalue weighted by molar-refractivity contribution is 0.592. The van der Waals surface area contributed by atoms with Gasteiger partial charge in [0.1, 0.15) is 5.82 Å². The van der Waals surface area contributed by atoms with Gasteiger partial charge in [0.25, 0.3) is 0 Å². The summed E-state index contributed by atoms with van der Waals surface area (Å²) < 4.78 is 28.4. The summed E-state index contributed by atoms with van der Waals surface area (Å²) in [6.45, 7) is 5.31. The molecule has 5 aromatic rings. The maximum atomic E-state index is 13.4. The average Bonchev–Trinajstić information content (AvgIpc) is 3.28. The Kier molecular flexibility index (Phi) is 5.30. The second-order valence-electron chi connectivity index (χ2n) is 7.90. The number of aromatic nitrogens is 4. The predicted octanol–water partition coefficient (Wildman–Crippen LogP) is 4.45. The van der Waals surface area contributed by atoms with E-state index in [1.54, 1.807) is 24.3 Å². The highest BCUT2D eigenvalue weighted by atomic mass is 32.2. The van der Waals surface area contributed by atoms with Gasteiger partial charge < -0.3 is 4.90 Å². The fraction of sp³-hybridized carbons (Fsp3) is 0.160. The minimum atomic E-state index is -3.89. The Labute approximate surface area is 192 Å². The van der Waals surface area contributed by atoms with Gasteiger partial charge in [-0.3, -0.25) is 0 Å². The first-order valence-corrected chi connectivity index (χ1v) is 12.2. The molecule has 0 bridgehead atoms. The Morgan fingerprint density at radius 2 is 1.61 bits per heavy atom. The van der Waals surface area contributed by atoms with Crippen LogP contribution in [0.1, 0.15) is 18.1 Å². The number of hydrogen-bond donors (Lipinski definition) is 0. The van der Waals surface area contributed by atoms with E-state index in [4.69, 9.17) is 4.98 Å². The molecule has 33 heavy (non-hydrogen) atoms. The number of hydrogen-bond acceptors (Lipinski definition) is 6. The van der Waals surface area contributed by atoms with Crippen molar-refractivity contribution in [3.8, 4) is 0 Å². The molecule has 3 aromatic carbocycles. The molecule has 5 rings (SSSR count). The Morgan fingerprint density at radius 3 is 2.33 bits per heavy atom. The van der Waals surface area contributed by atoms with Crippen molar-refractivity contribution >= 4 is 32.2 Å². The van der Waals surface area contributed by atoms with Crippen molar-refractivity contribution in [3.63, 3.8) is 0 Å². The number of sulfone groups is 1. The zero-order valence-electron chi connectivity index (χ0n) is 18.4. The maximum absolute atomic E-state index is 13.4. The van der Waals surface area contributed by atoms with Crippen LogP contribution in [0.4, 0.5) is 5.82 Å². The first-order chi connectivity index (χ1) is 16.0. The minimum absolute atomic E-state index is 0.144. The average molecular weight is 458 g/mol. The molecule has 0 fully saturated rings. The van der Waals surface area contributed by atoms with Crippen LogP contribution in [0.15, 0.2) is 88.8 Å². The molecule has 2 heterocycles. The maximum Gasteiger partial charge on any atom is 0.229 e.